The first kappa shape index (κ1) is 15.2. The molecule has 2 aliphatic carbocycles. The monoisotopic (exact) mass is 306 g/mol. The maximum atomic E-state index is 14.7. The lowest BCUT2D eigenvalue weighted by Gasteiger charge is -2.44. The van der Waals surface area contributed by atoms with Gasteiger partial charge in [0.05, 0.1) is 5.54 Å². The van der Waals surface area contributed by atoms with Crippen molar-refractivity contribution in [2.45, 2.75) is 38.6 Å². The highest BCUT2D eigenvalue weighted by Crippen LogP contribution is 2.39. The fourth-order valence-electron chi connectivity index (χ4n) is 3.60. The average molecular weight is 306 g/mol. The SMILES string of the molecule is CC1C=CC2=C(CCN(C3(C)CC=C(C(N)=O)C=C3F)C2)C1.[HH].[HH]. The Morgan fingerprint density at radius 2 is 2.32 bits per heavy atom. The molecule has 2 atom stereocenters. The summed E-state index contributed by atoms with van der Waals surface area (Å²) in [6, 6.07) is 0. The first-order chi connectivity index (χ1) is 10.4. The number of carbonyl (C=O) groups excluding carboxylic acids is 1. The van der Waals surface area contributed by atoms with E-state index in [2.05, 4.69) is 24.0 Å². The molecule has 3 rings (SSSR count). The van der Waals surface area contributed by atoms with Crippen LogP contribution < -0.4 is 5.73 Å². The minimum atomic E-state index is -0.672. The molecule has 22 heavy (non-hydrogen) atoms. The van der Waals surface area contributed by atoms with E-state index in [9.17, 15) is 9.18 Å². The van der Waals surface area contributed by atoms with Crippen LogP contribution in [0.2, 0.25) is 0 Å². The van der Waals surface area contributed by atoms with Gasteiger partial charge in [0.25, 0.3) is 0 Å². The van der Waals surface area contributed by atoms with Gasteiger partial charge in [0.1, 0.15) is 5.83 Å². The van der Waals surface area contributed by atoms with E-state index in [4.69, 9.17) is 5.73 Å². The summed E-state index contributed by atoms with van der Waals surface area (Å²) in [4.78, 5) is 13.4. The number of amides is 1. The summed E-state index contributed by atoms with van der Waals surface area (Å²) in [7, 11) is 0. The standard InChI is InChI=1S/C18H23FN2O.2H2/c1-12-3-4-15-11-21(8-6-13(15)9-12)18(2)7-5-14(17(20)22)10-16(18)19;;/h3-5,10,12H,6-9,11H2,1-2H3,(H2,20,22);2*1H. The summed E-state index contributed by atoms with van der Waals surface area (Å²) in [5.74, 6) is -0.223. The summed E-state index contributed by atoms with van der Waals surface area (Å²) >= 11 is 0. The fourth-order valence-corrected chi connectivity index (χ4v) is 3.60. The highest BCUT2D eigenvalue weighted by Gasteiger charge is 2.40. The van der Waals surface area contributed by atoms with E-state index in [1.165, 1.54) is 17.2 Å². The van der Waals surface area contributed by atoms with Crippen LogP contribution in [0.25, 0.3) is 0 Å². The van der Waals surface area contributed by atoms with Crippen molar-refractivity contribution in [1.82, 2.24) is 4.90 Å². The first-order valence-corrected chi connectivity index (χ1v) is 7.92. The van der Waals surface area contributed by atoms with Gasteiger partial charge in [-0.15, -0.1) is 0 Å². The molecule has 0 bridgehead atoms. The van der Waals surface area contributed by atoms with Crippen LogP contribution in [0.1, 0.15) is 36.0 Å². The number of hydrogen-bond acceptors (Lipinski definition) is 2. The van der Waals surface area contributed by atoms with E-state index in [1.54, 1.807) is 6.08 Å². The van der Waals surface area contributed by atoms with Gasteiger partial charge in [-0.2, -0.15) is 0 Å². The van der Waals surface area contributed by atoms with Gasteiger partial charge in [-0.3, -0.25) is 9.69 Å². The van der Waals surface area contributed by atoms with Gasteiger partial charge < -0.3 is 5.73 Å². The van der Waals surface area contributed by atoms with E-state index in [-0.39, 0.29) is 14.3 Å². The van der Waals surface area contributed by atoms with Crippen molar-refractivity contribution in [3.63, 3.8) is 0 Å². The molecule has 0 aromatic rings. The molecule has 0 radical (unpaired) electrons. The minimum Gasteiger partial charge on any atom is -0.366 e. The average Bonchev–Trinajstić information content (AvgIpc) is 2.49. The molecule has 0 aromatic carbocycles. The molecule has 3 nitrogen and oxygen atoms in total. The summed E-state index contributed by atoms with van der Waals surface area (Å²) in [5, 5.41) is 0. The van der Waals surface area contributed by atoms with Crippen LogP contribution in [-0.2, 0) is 4.79 Å². The van der Waals surface area contributed by atoms with Gasteiger partial charge in [-0.1, -0.05) is 30.7 Å². The smallest absolute Gasteiger partial charge is 0.248 e. The molecule has 0 aromatic heterocycles. The second-order valence-electron chi connectivity index (χ2n) is 6.83. The maximum Gasteiger partial charge on any atom is 0.248 e. The number of halogens is 1. The Morgan fingerprint density at radius 1 is 1.55 bits per heavy atom. The number of nitrogens with two attached hydrogens (primary N) is 1. The third-order valence-corrected chi connectivity index (χ3v) is 5.19. The van der Waals surface area contributed by atoms with Crippen molar-refractivity contribution in [1.29, 1.82) is 0 Å². The summed E-state index contributed by atoms with van der Waals surface area (Å²) < 4.78 is 14.7. The molecule has 1 heterocycles. The van der Waals surface area contributed by atoms with Gasteiger partial charge in [-0.25, -0.2) is 4.39 Å². The summed E-state index contributed by atoms with van der Waals surface area (Å²) in [6.07, 6.45) is 10.1. The molecule has 4 heteroatoms. The maximum absolute atomic E-state index is 14.7. The van der Waals surface area contributed by atoms with Crippen molar-refractivity contribution in [3.05, 3.63) is 46.9 Å². The number of primary amides is 1. The highest BCUT2D eigenvalue weighted by atomic mass is 19.1. The van der Waals surface area contributed by atoms with Crippen molar-refractivity contribution in [2.75, 3.05) is 13.1 Å². The minimum absolute atomic E-state index is 0. The zero-order chi connectivity index (χ0) is 15.9. The molecule has 122 valence electrons. The van der Waals surface area contributed by atoms with E-state index >= 15 is 0 Å². The Hall–Kier alpha value is -1.68. The number of hydrogen-bond donors (Lipinski definition) is 1. The van der Waals surface area contributed by atoms with Crippen LogP contribution in [-0.4, -0.2) is 29.4 Å². The fraction of sp³-hybridized carbons (Fsp3) is 0.500. The van der Waals surface area contributed by atoms with Crippen LogP contribution in [0.4, 0.5) is 4.39 Å². The van der Waals surface area contributed by atoms with Crippen molar-refractivity contribution >= 4 is 5.91 Å². The van der Waals surface area contributed by atoms with E-state index in [0.29, 0.717) is 12.3 Å². The van der Waals surface area contributed by atoms with Crippen LogP contribution in [0.3, 0.4) is 0 Å². The quantitative estimate of drug-likeness (QED) is 0.848. The largest absolute Gasteiger partial charge is 0.366 e. The lowest BCUT2D eigenvalue weighted by Crippen LogP contribution is -2.50. The van der Waals surface area contributed by atoms with Crippen molar-refractivity contribution in [3.8, 4) is 0 Å². The molecule has 3 aliphatic rings. The Bertz CT molecular complexity index is 639. The summed E-state index contributed by atoms with van der Waals surface area (Å²) in [5.41, 5.74) is 7.71. The molecule has 1 amide bonds. The third kappa shape index (κ3) is 2.56. The Kier molecular flexibility index (Phi) is 3.81. The summed E-state index contributed by atoms with van der Waals surface area (Å²) in [6.45, 7) is 5.77. The van der Waals surface area contributed by atoms with Crippen LogP contribution >= 0.6 is 0 Å². The number of nitrogens with zero attached hydrogens (tertiary/aromatic N) is 1. The van der Waals surface area contributed by atoms with Gasteiger partial charge in [-0.05, 0) is 43.8 Å². The Morgan fingerprint density at radius 3 is 3.00 bits per heavy atom. The van der Waals surface area contributed by atoms with Gasteiger partial charge in [0.2, 0.25) is 5.91 Å². The van der Waals surface area contributed by atoms with Crippen LogP contribution in [0, 0.1) is 5.92 Å². The zero-order valence-corrected chi connectivity index (χ0v) is 13.2. The zero-order valence-electron chi connectivity index (χ0n) is 13.2. The van der Waals surface area contributed by atoms with Gasteiger partial charge in [0.15, 0.2) is 0 Å². The molecule has 0 fully saturated rings. The number of allylic oxidation sites excluding steroid dienone is 1. The predicted molar refractivity (Wildman–Crippen MR) is 89.9 cm³/mol. The number of carbonyl (C=O) groups is 1. The van der Waals surface area contributed by atoms with E-state index < -0.39 is 11.4 Å². The second-order valence-corrected chi connectivity index (χ2v) is 6.83. The molecular weight excluding hydrogens is 279 g/mol. The van der Waals surface area contributed by atoms with Crippen molar-refractivity contribution < 1.29 is 12.0 Å². The molecule has 0 saturated heterocycles. The lowest BCUT2D eigenvalue weighted by atomic mass is 9.82. The van der Waals surface area contributed by atoms with Gasteiger partial charge in [0, 0.05) is 21.5 Å². The first-order valence-electron chi connectivity index (χ1n) is 7.92. The van der Waals surface area contributed by atoms with Gasteiger partial charge >= 0.3 is 0 Å². The Labute approximate surface area is 134 Å². The Balaban J connectivity index is 0.00000144. The van der Waals surface area contributed by atoms with Crippen molar-refractivity contribution in [2.24, 2.45) is 11.7 Å². The van der Waals surface area contributed by atoms with Crippen LogP contribution in [0.5, 0.6) is 0 Å². The molecular formula is C18H27FN2O. The third-order valence-electron chi connectivity index (χ3n) is 5.19. The molecule has 1 aliphatic heterocycles. The second kappa shape index (κ2) is 5.51. The van der Waals surface area contributed by atoms with E-state index in [0.717, 1.165) is 25.9 Å². The number of rotatable bonds is 2. The van der Waals surface area contributed by atoms with E-state index in [1.807, 2.05) is 6.92 Å². The lowest BCUT2D eigenvalue weighted by molar-refractivity contribution is -0.114. The molecule has 2 unspecified atom stereocenters. The normalized spacial score (nSPS) is 32.4. The molecule has 0 spiro atoms. The van der Waals surface area contributed by atoms with Crippen LogP contribution in [0.15, 0.2) is 46.9 Å². The topological polar surface area (TPSA) is 46.3 Å². The highest BCUT2D eigenvalue weighted by molar-refractivity contribution is 5.95. The molecule has 2 N–H and O–H groups in total. The predicted octanol–water partition coefficient (Wildman–Crippen LogP) is 3.50. The molecule has 0 saturated carbocycles.